The number of rotatable bonds is 7. The van der Waals surface area contributed by atoms with Gasteiger partial charge in [-0.05, 0) is 38.1 Å². The summed E-state index contributed by atoms with van der Waals surface area (Å²) < 4.78 is 3.83. The Morgan fingerprint density at radius 1 is 1.22 bits per heavy atom. The average molecular weight is 362 g/mol. The number of aromatic amines is 1. The zero-order valence-electron chi connectivity index (χ0n) is 15.2. The summed E-state index contributed by atoms with van der Waals surface area (Å²) in [5.74, 6) is 0. The van der Waals surface area contributed by atoms with E-state index in [1.807, 2.05) is 60.4 Å². The molecular weight excluding hydrogens is 340 g/mol. The summed E-state index contributed by atoms with van der Waals surface area (Å²) in [6.07, 6.45) is 6.51. The molecule has 3 aromatic heterocycles. The molecule has 27 heavy (non-hydrogen) atoms. The molecule has 1 aromatic carbocycles. The molecule has 0 unspecified atom stereocenters. The third-order valence-corrected chi connectivity index (χ3v) is 4.59. The van der Waals surface area contributed by atoms with Crippen LogP contribution in [0.3, 0.4) is 0 Å². The number of aryl methyl sites for hydroxylation is 2. The second-order valence-corrected chi connectivity index (χ2v) is 6.55. The summed E-state index contributed by atoms with van der Waals surface area (Å²) >= 11 is 0. The van der Waals surface area contributed by atoms with Crippen LogP contribution in [-0.4, -0.2) is 30.9 Å². The molecule has 0 radical (unpaired) electrons. The van der Waals surface area contributed by atoms with Gasteiger partial charge in [0.25, 0.3) is 5.56 Å². The molecule has 3 heterocycles. The summed E-state index contributed by atoms with van der Waals surface area (Å²) in [5.41, 5.74) is 3.19. The van der Waals surface area contributed by atoms with Crippen LogP contribution in [0.1, 0.15) is 17.7 Å². The molecule has 138 valence electrons. The fraction of sp³-hybridized carbons (Fsp3) is 0.250. The van der Waals surface area contributed by atoms with Gasteiger partial charge in [0.1, 0.15) is 5.65 Å². The van der Waals surface area contributed by atoms with Crippen molar-refractivity contribution in [3.05, 3.63) is 76.7 Å². The molecule has 7 heteroatoms. The number of hydrogen-bond acceptors (Lipinski definition) is 4. The maximum absolute atomic E-state index is 12.5. The van der Waals surface area contributed by atoms with Crippen LogP contribution in [0, 0.1) is 6.92 Å². The first-order valence-electron chi connectivity index (χ1n) is 9.06. The number of benzene rings is 1. The smallest absolute Gasteiger partial charge is 0.254 e. The highest BCUT2D eigenvalue weighted by molar-refractivity contribution is 5.80. The topological polar surface area (TPSA) is 80.5 Å². The Balaban J connectivity index is 1.49. The van der Waals surface area contributed by atoms with E-state index in [0.29, 0.717) is 6.54 Å². The Kier molecular flexibility index (Phi) is 4.84. The first-order valence-corrected chi connectivity index (χ1v) is 9.06. The van der Waals surface area contributed by atoms with Crippen LogP contribution in [0.15, 0.2) is 59.9 Å². The van der Waals surface area contributed by atoms with Crippen molar-refractivity contribution in [2.24, 2.45) is 0 Å². The Hall–Kier alpha value is -3.19. The Morgan fingerprint density at radius 2 is 2.07 bits per heavy atom. The van der Waals surface area contributed by atoms with E-state index in [2.05, 4.69) is 20.4 Å². The lowest BCUT2D eigenvalue weighted by Crippen LogP contribution is -2.22. The van der Waals surface area contributed by atoms with Crippen molar-refractivity contribution < 1.29 is 0 Å². The minimum Gasteiger partial charge on any atom is -0.337 e. The molecule has 0 aliphatic rings. The van der Waals surface area contributed by atoms with Crippen molar-refractivity contribution in [3.63, 3.8) is 0 Å². The molecule has 0 atom stereocenters. The molecule has 0 amide bonds. The molecule has 4 rings (SSSR count). The van der Waals surface area contributed by atoms with E-state index in [9.17, 15) is 4.79 Å². The van der Waals surface area contributed by atoms with Crippen LogP contribution in [0.4, 0.5) is 0 Å². The van der Waals surface area contributed by atoms with Crippen LogP contribution in [-0.2, 0) is 13.1 Å². The minimum atomic E-state index is -0.0818. The first kappa shape index (κ1) is 17.2. The molecular formula is C20H22N6O. The van der Waals surface area contributed by atoms with E-state index < -0.39 is 0 Å². The summed E-state index contributed by atoms with van der Waals surface area (Å²) in [5, 5.41) is 8.91. The number of hydrogen-bond donors (Lipinski definition) is 2. The largest absolute Gasteiger partial charge is 0.337 e. The molecule has 0 saturated heterocycles. The summed E-state index contributed by atoms with van der Waals surface area (Å²) in [6.45, 7) is 4.23. The molecule has 0 saturated carbocycles. The Labute approximate surface area is 156 Å². The first-order chi connectivity index (χ1) is 13.2. The van der Waals surface area contributed by atoms with Crippen LogP contribution >= 0.6 is 0 Å². The second kappa shape index (κ2) is 7.59. The fourth-order valence-corrected chi connectivity index (χ4v) is 3.18. The number of pyridine rings is 1. The molecule has 0 aliphatic carbocycles. The SMILES string of the molecule is Cc1nn(-c2ccccc2)c2[nH]c(=O)c(CNCCCn3ccnc3)cc12. The van der Waals surface area contributed by atoms with Gasteiger partial charge in [-0.25, -0.2) is 9.67 Å². The zero-order valence-corrected chi connectivity index (χ0v) is 15.2. The molecule has 2 N–H and O–H groups in total. The molecule has 0 bridgehead atoms. The number of imidazole rings is 1. The van der Waals surface area contributed by atoms with Crippen molar-refractivity contribution in [2.75, 3.05) is 6.54 Å². The van der Waals surface area contributed by atoms with Gasteiger partial charge in [-0.2, -0.15) is 5.10 Å². The van der Waals surface area contributed by atoms with Gasteiger partial charge in [-0.15, -0.1) is 0 Å². The predicted octanol–water partition coefficient (Wildman–Crippen LogP) is 2.40. The van der Waals surface area contributed by atoms with Gasteiger partial charge < -0.3 is 14.9 Å². The molecule has 0 fully saturated rings. The van der Waals surface area contributed by atoms with E-state index >= 15 is 0 Å². The van der Waals surface area contributed by atoms with Crippen molar-refractivity contribution in [1.82, 2.24) is 29.6 Å². The summed E-state index contributed by atoms with van der Waals surface area (Å²) in [6, 6.07) is 11.8. The second-order valence-electron chi connectivity index (χ2n) is 6.55. The number of fused-ring (bicyclic) bond motifs is 1. The Bertz CT molecular complexity index is 1080. The number of para-hydroxylation sites is 1. The Morgan fingerprint density at radius 3 is 2.85 bits per heavy atom. The maximum atomic E-state index is 12.5. The van der Waals surface area contributed by atoms with E-state index in [-0.39, 0.29) is 5.56 Å². The number of nitrogens with zero attached hydrogens (tertiary/aromatic N) is 4. The van der Waals surface area contributed by atoms with Gasteiger partial charge >= 0.3 is 0 Å². The highest BCUT2D eigenvalue weighted by Crippen LogP contribution is 2.19. The molecule has 0 aliphatic heterocycles. The van der Waals surface area contributed by atoms with Crippen molar-refractivity contribution in [2.45, 2.75) is 26.4 Å². The molecule has 7 nitrogen and oxygen atoms in total. The van der Waals surface area contributed by atoms with Crippen LogP contribution in [0.5, 0.6) is 0 Å². The van der Waals surface area contributed by atoms with Crippen LogP contribution < -0.4 is 10.9 Å². The normalized spacial score (nSPS) is 11.3. The predicted molar refractivity (Wildman–Crippen MR) is 105 cm³/mol. The third kappa shape index (κ3) is 3.68. The highest BCUT2D eigenvalue weighted by Gasteiger charge is 2.12. The van der Waals surface area contributed by atoms with Crippen molar-refractivity contribution >= 4 is 11.0 Å². The standard InChI is InChI=1S/C20H22N6O/c1-15-18-12-16(13-21-8-5-10-25-11-9-22-14-25)20(27)23-19(18)26(24-15)17-6-3-2-4-7-17/h2-4,6-7,9,11-12,14,21H,5,8,10,13H2,1H3,(H,23,27). The van der Waals surface area contributed by atoms with Gasteiger partial charge in [0.05, 0.1) is 17.7 Å². The average Bonchev–Trinajstić information content (AvgIpc) is 3.31. The quantitative estimate of drug-likeness (QED) is 0.495. The monoisotopic (exact) mass is 362 g/mol. The van der Waals surface area contributed by atoms with Crippen molar-refractivity contribution in [3.8, 4) is 5.69 Å². The summed E-state index contributed by atoms with van der Waals surface area (Å²) in [7, 11) is 0. The van der Waals surface area contributed by atoms with Crippen molar-refractivity contribution in [1.29, 1.82) is 0 Å². The zero-order chi connectivity index (χ0) is 18.6. The van der Waals surface area contributed by atoms with E-state index in [4.69, 9.17) is 0 Å². The van der Waals surface area contributed by atoms with Gasteiger partial charge in [0, 0.05) is 36.4 Å². The van der Waals surface area contributed by atoms with Gasteiger partial charge in [0.15, 0.2) is 0 Å². The van der Waals surface area contributed by atoms with Gasteiger partial charge in [-0.1, -0.05) is 18.2 Å². The van der Waals surface area contributed by atoms with E-state index in [1.54, 1.807) is 10.9 Å². The fourth-order valence-electron chi connectivity index (χ4n) is 3.18. The minimum absolute atomic E-state index is 0.0818. The maximum Gasteiger partial charge on any atom is 0.254 e. The van der Waals surface area contributed by atoms with Gasteiger partial charge in [0.2, 0.25) is 0 Å². The molecule has 4 aromatic rings. The lowest BCUT2D eigenvalue weighted by molar-refractivity contribution is 0.579. The lowest BCUT2D eigenvalue weighted by atomic mass is 10.2. The van der Waals surface area contributed by atoms with Crippen LogP contribution in [0.2, 0.25) is 0 Å². The van der Waals surface area contributed by atoms with Gasteiger partial charge in [-0.3, -0.25) is 4.79 Å². The summed E-state index contributed by atoms with van der Waals surface area (Å²) in [4.78, 5) is 19.6. The third-order valence-electron chi connectivity index (χ3n) is 4.59. The lowest BCUT2D eigenvalue weighted by Gasteiger charge is -2.06. The highest BCUT2D eigenvalue weighted by atomic mass is 16.1. The van der Waals surface area contributed by atoms with E-state index in [1.165, 1.54) is 0 Å². The number of H-pyrrole nitrogens is 1. The van der Waals surface area contributed by atoms with Crippen LogP contribution in [0.25, 0.3) is 16.7 Å². The number of nitrogens with one attached hydrogen (secondary N) is 2. The molecule has 0 spiro atoms. The van der Waals surface area contributed by atoms with E-state index in [0.717, 1.165) is 47.5 Å². The number of aromatic nitrogens is 5.